The van der Waals surface area contributed by atoms with Crippen molar-refractivity contribution in [1.29, 1.82) is 0 Å². The number of pyridine rings is 1. The fourth-order valence-electron chi connectivity index (χ4n) is 5.89. The van der Waals surface area contributed by atoms with E-state index in [1.165, 1.54) is 16.0 Å². The number of aromatic nitrogens is 2. The van der Waals surface area contributed by atoms with Gasteiger partial charge in [-0.1, -0.05) is 77.0 Å². The summed E-state index contributed by atoms with van der Waals surface area (Å²) in [5.41, 5.74) is 6.54. The van der Waals surface area contributed by atoms with Crippen LogP contribution in [-0.4, -0.2) is 23.2 Å². The molecule has 0 fully saturated rings. The van der Waals surface area contributed by atoms with Gasteiger partial charge in [0.1, 0.15) is 5.82 Å². The van der Waals surface area contributed by atoms with Gasteiger partial charge in [0.2, 0.25) is 0 Å². The predicted molar refractivity (Wildman–Crippen MR) is 182 cm³/mol. The Kier molecular flexibility index (Phi) is 6.89. The van der Waals surface area contributed by atoms with Gasteiger partial charge in [-0.3, -0.25) is 0 Å². The summed E-state index contributed by atoms with van der Waals surface area (Å²) in [6, 6.07) is 35.1. The zero-order valence-corrected chi connectivity index (χ0v) is 28.7. The van der Waals surface area contributed by atoms with E-state index in [9.17, 15) is 0 Å². The topological polar surface area (TPSA) is 33.5 Å². The quantitative estimate of drug-likeness (QED) is 0.167. The first-order valence-corrected chi connectivity index (χ1v) is 15.0. The normalized spacial score (nSPS) is 14.6. The number of anilines is 3. The Hall–Kier alpha value is -4.08. The summed E-state index contributed by atoms with van der Waals surface area (Å²) in [5.74, 6) is 1.88. The van der Waals surface area contributed by atoms with Crippen LogP contribution in [0.15, 0.2) is 91.1 Å². The third-order valence-electron chi connectivity index (χ3n) is 8.37. The van der Waals surface area contributed by atoms with Crippen molar-refractivity contribution < 1.29 is 29.9 Å². The van der Waals surface area contributed by atoms with E-state index >= 15 is 0 Å². The molecule has 0 N–H and O–H groups in total. The van der Waals surface area contributed by atoms with Crippen LogP contribution in [0.1, 0.15) is 56.8 Å². The first kappa shape index (κ1) is 27.2. The molecular formula is C39H38N4OPt. The van der Waals surface area contributed by atoms with Gasteiger partial charge in [0.05, 0.1) is 18.0 Å². The summed E-state index contributed by atoms with van der Waals surface area (Å²) in [6.07, 6.45) is 1.88. The van der Waals surface area contributed by atoms with Crippen LogP contribution in [0.5, 0.6) is 11.5 Å². The van der Waals surface area contributed by atoms with E-state index in [4.69, 9.17) is 13.8 Å². The number of hydrogen-bond acceptors (Lipinski definition) is 4. The van der Waals surface area contributed by atoms with E-state index in [0.29, 0.717) is 17.2 Å². The first-order chi connectivity index (χ1) is 22.2. The van der Waals surface area contributed by atoms with Crippen LogP contribution in [0.3, 0.4) is 0 Å². The number of benzene rings is 4. The van der Waals surface area contributed by atoms with Crippen LogP contribution in [0, 0.1) is 12.1 Å². The summed E-state index contributed by atoms with van der Waals surface area (Å²) in [6.45, 7) is 11.2. The standard InChI is InChI=1S/C39H38N4O.Pt/c1-38(2,3)26-15-18-33-32(21-26)31-17-16-30(24-36(31)43(33)37-22-27(19-20-40-37)39(4,5)6)44-29-12-10-11-28(23-29)42-25-41(7)34-13-8-9-14-35(34)42;/h8-22H,25H2,1-7H3;/q-2;+2/i7D3;. The van der Waals surface area contributed by atoms with Crippen LogP contribution < -0.4 is 14.5 Å². The van der Waals surface area contributed by atoms with Gasteiger partial charge in [-0.25, -0.2) is 4.98 Å². The largest absolute Gasteiger partial charge is 2.00 e. The maximum absolute atomic E-state index is 8.06. The van der Waals surface area contributed by atoms with Gasteiger partial charge < -0.3 is 19.1 Å². The van der Waals surface area contributed by atoms with Gasteiger partial charge in [0.25, 0.3) is 0 Å². The van der Waals surface area contributed by atoms with E-state index in [0.717, 1.165) is 39.0 Å². The minimum atomic E-state index is -2.27. The van der Waals surface area contributed by atoms with Gasteiger partial charge in [-0.15, -0.1) is 35.7 Å². The van der Waals surface area contributed by atoms with Crippen LogP contribution in [-0.2, 0) is 31.9 Å². The number of para-hydroxylation sites is 2. The molecule has 0 aliphatic carbocycles. The van der Waals surface area contributed by atoms with Gasteiger partial charge in [-0.05, 0) is 57.7 Å². The smallest absolute Gasteiger partial charge is 0.509 e. The number of ether oxygens (including phenoxy) is 1. The van der Waals surface area contributed by atoms with E-state index in [-0.39, 0.29) is 38.6 Å². The molecule has 5 nitrogen and oxygen atoms in total. The molecule has 0 radical (unpaired) electrons. The van der Waals surface area contributed by atoms with Crippen molar-refractivity contribution in [3.05, 3.63) is 114 Å². The molecule has 6 aromatic rings. The molecular weight excluding hydrogens is 736 g/mol. The van der Waals surface area contributed by atoms with Crippen LogP contribution in [0.25, 0.3) is 27.6 Å². The van der Waals surface area contributed by atoms with Crippen molar-refractivity contribution in [3.8, 4) is 17.3 Å². The Morgan fingerprint density at radius 1 is 0.756 bits per heavy atom. The Bertz CT molecular complexity index is 2140. The van der Waals surface area contributed by atoms with E-state index in [2.05, 4.69) is 94.6 Å². The second-order valence-electron chi connectivity index (χ2n) is 13.5. The number of nitrogens with zero attached hydrogens (tertiary/aromatic N) is 4. The molecule has 0 saturated heterocycles. The Morgan fingerprint density at radius 2 is 1.49 bits per heavy atom. The monoisotopic (exact) mass is 776 g/mol. The molecule has 1 aliphatic heterocycles. The molecule has 230 valence electrons. The molecule has 0 bridgehead atoms. The fraction of sp³-hybridized carbons (Fsp3) is 0.256. The zero-order valence-electron chi connectivity index (χ0n) is 29.4. The third-order valence-corrected chi connectivity index (χ3v) is 8.37. The van der Waals surface area contributed by atoms with Crippen molar-refractivity contribution in [2.75, 3.05) is 23.4 Å². The number of hydrogen-bond donors (Lipinski definition) is 0. The summed E-state index contributed by atoms with van der Waals surface area (Å²) < 4.78 is 32.8. The van der Waals surface area contributed by atoms with Crippen LogP contribution >= 0.6 is 0 Å². The minimum Gasteiger partial charge on any atom is -0.509 e. The fourth-order valence-corrected chi connectivity index (χ4v) is 5.89. The molecule has 0 unspecified atom stereocenters. The molecule has 0 saturated carbocycles. The SMILES string of the molecule is [2H]C([2H])([2H])N1CN(c2[c-]c(Oc3[c-]c4c(cc3)c3cc(C(C)(C)C)ccc3n4-c3cc(C(C)(C)C)ccn3)ccc2)c2ccccc21.[Pt+2]. The summed E-state index contributed by atoms with van der Waals surface area (Å²) in [5, 5.41) is 2.20. The van der Waals surface area contributed by atoms with Crippen molar-refractivity contribution in [3.63, 3.8) is 0 Å². The summed E-state index contributed by atoms with van der Waals surface area (Å²) in [4.78, 5) is 8.20. The maximum Gasteiger partial charge on any atom is 2.00 e. The maximum atomic E-state index is 8.06. The van der Waals surface area contributed by atoms with E-state index in [1.807, 2.05) is 59.6 Å². The molecule has 4 aromatic carbocycles. The van der Waals surface area contributed by atoms with Crippen LogP contribution in [0.2, 0.25) is 0 Å². The third kappa shape index (κ3) is 5.64. The number of fused-ring (bicyclic) bond motifs is 4. The molecule has 45 heavy (non-hydrogen) atoms. The zero-order chi connectivity index (χ0) is 33.3. The minimum absolute atomic E-state index is 0. The van der Waals surface area contributed by atoms with Crippen molar-refractivity contribution in [1.82, 2.24) is 9.55 Å². The predicted octanol–water partition coefficient (Wildman–Crippen LogP) is 9.71. The van der Waals surface area contributed by atoms with Gasteiger partial charge in [-0.2, -0.15) is 12.1 Å². The molecule has 2 aromatic heterocycles. The average Bonchev–Trinajstić information content (AvgIpc) is 3.56. The Morgan fingerprint density at radius 3 is 2.24 bits per heavy atom. The Balaban J connectivity index is 0.00000401. The van der Waals surface area contributed by atoms with Crippen molar-refractivity contribution >= 4 is 38.9 Å². The second-order valence-corrected chi connectivity index (χ2v) is 13.5. The molecule has 1 aliphatic rings. The van der Waals surface area contributed by atoms with E-state index < -0.39 is 6.98 Å². The average molecular weight is 777 g/mol. The molecule has 0 atom stereocenters. The number of rotatable bonds is 4. The Labute approximate surface area is 284 Å². The van der Waals surface area contributed by atoms with Gasteiger partial charge >= 0.3 is 21.1 Å². The molecule has 6 heteroatoms. The van der Waals surface area contributed by atoms with Gasteiger partial charge in [0, 0.05) is 34.3 Å². The molecule has 7 rings (SSSR count). The first-order valence-electron chi connectivity index (χ1n) is 16.5. The molecule has 0 amide bonds. The van der Waals surface area contributed by atoms with Crippen LogP contribution in [0.4, 0.5) is 17.1 Å². The second kappa shape index (κ2) is 11.4. The molecule has 0 spiro atoms. The summed E-state index contributed by atoms with van der Waals surface area (Å²) >= 11 is 0. The molecule has 3 heterocycles. The van der Waals surface area contributed by atoms with Crippen molar-refractivity contribution in [2.45, 2.75) is 52.4 Å². The van der Waals surface area contributed by atoms with Crippen molar-refractivity contribution in [2.24, 2.45) is 0 Å². The van der Waals surface area contributed by atoms with E-state index in [1.54, 1.807) is 0 Å². The van der Waals surface area contributed by atoms with Gasteiger partial charge in [0.15, 0.2) is 0 Å². The summed E-state index contributed by atoms with van der Waals surface area (Å²) in [7, 11) is 0.